The topological polar surface area (TPSA) is 3.24 Å². The number of fused-ring (bicyclic) bond motifs is 1. The van der Waals surface area contributed by atoms with Gasteiger partial charge in [-0.1, -0.05) is 25.6 Å². The third-order valence-electron chi connectivity index (χ3n) is 3.78. The van der Waals surface area contributed by atoms with E-state index in [1.807, 2.05) is 0 Å². The van der Waals surface area contributed by atoms with Gasteiger partial charge in [-0.05, 0) is 44.4 Å². The molecule has 2 heteroatoms. The Bertz CT molecular complexity index is 214. The van der Waals surface area contributed by atoms with E-state index >= 15 is 0 Å². The Balaban J connectivity index is 1.99. The highest BCUT2D eigenvalue weighted by Gasteiger charge is 2.35. The molecular formula is C12H21NS. The Morgan fingerprint density at radius 3 is 2.86 bits per heavy atom. The van der Waals surface area contributed by atoms with Gasteiger partial charge in [-0.2, -0.15) is 0 Å². The highest BCUT2D eigenvalue weighted by atomic mass is 32.1. The van der Waals surface area contributed by atoms with Gasteiger partial charge in [0.05, 0.1) is 4.99 Å². The quantitative estimate of drug-likeness (QED) is 0.644. The monoisotopic (exact) mass is 211 g/mol. The minimum atomic E-state index is 0.822. The molecular weight excluding hydrogens is 190 g/mol. The normalized spacial score (nSPS) is 31.6. The summed E-state index contributed by atoms with van der Waals surface area (Å²) in [6.07, 6.45) is 9.43. The molecule has 2 atom stereocenters. The van der Waals surface area contributed by atoms with E-state index in [2.05, 4.69) is 11.8 Å². The molecule has 1 aliphatic heterocycles. The summed E-state index contributed by atoms with van der Waals surface area (Å²) in [4.78, 5) is 3.80. The molecule has 14 heavy (non-hydrogen) atoms. The highest BCUT2D eigenvalue weighted by molar-refractivity contribution is 7.80. The Morgan fingerprint density at radius 1 is 1.29 bits per heavy atom. The lowest BCUT2D eigenvalue weighted by atomic mass is 9.92. The molecule has 0 radical (unpaired) electrons. The first-order valence-electron chi connectivity index (χ1n) is 6.12. The van der Waals surface area contributed by atoms with Gasteiger partial charge < -0.3 is 4.90 Å². The molecule has 0 aromatic rings. The number of piperidine rings is 1. The van der Waals surface area contributed by atoms with Crippen molar-refractivity contribution in [2.75, 3.05) is 6.54 Å². The first-order chi connectivity index (χ1) is 6.83. The summed E-state index contributed by atoms with van der Waals surface area (Å²) in [6, 6.07) is 0.822. The van der Waals surface area contributed by atoms with Crippen molar-refractivity contribution in [2.24, 2.45) is 5.92 Å². The van der Waals surface area contributed by atoms with Gasteiger partial charge >= 0.3 is 0 Å². The summed E-state index contributed by atoms with van der Waals surface area (Å²) in [5.74, 6) is 0.971. The summed E-state index contributed by atoms with van der Waals surface area (Å²) >= 11 is 5.52. The van der Waals surface area contributed by atoms with Gasteiger partial charge in [0.2, 0.25) is 0 Å². The van der Waals surface area contributed by atoms with Gasteiger partial charge in [-0.3, -0.25) is 0 Å². The van der Waals surface area contributed by atoms with Crippen LogP contribution in [0, 0.1) is 5.92 Å². The number of rotatable bonds is 2. The average Bonchev–Trinajstić information content (AvgIpc) is 2.65. The largest absolute Gasteiger partial charge is 0.363 e. The zero-order valence-corrected chi connectivity index (χ0v) is 9.98. The summed E-state index contributed by atoms with van der Waals surface area (Å²) in [5.41, 5.74) is 0. The SMILES string of the molecule is CCCC(=S)N1CCCC2CCCC21. The fourth-order valence-electron chi connectivity index (χ4n) is 3.12. The standard InChI is InChI=1S/C12H21NS/c1-2-5-12(14)13-9-4-7-10-6-3-8-11(10)13/h10-11H,2-9H2,1H3. The third-order valence-corrected chi connectivity index (χ3v) is 4.22. The Kier molecular flexibility index (Phi) is 3.42. The van der Waals surface area contributed by atoms with Crippen LogP contribution in [0.25, 0.3) is 0 Å². The molecule has 0 amide bonds. The lowest BCUT2D eigenvalue weighted by Gasteiger charge is -2.39. The van der Waals surface area contributed by atoms with Crippen LogP contribution in [0.5, 0.6) is 0 Å². The molecule has 1 heterocycles. The molecule has 1 aliphatic carbocycles. The maximum Gasteiger partial charge on any atom is 0.0781 e. The Hall–Kier alpha value is -0.110. The lowest BCUT2D eigenvalue weighted by Crippen LogP contribution is -2.45. The maximum atomic E-state index is 5.52. The Labute approximate surface area is 92.9 Å². The van der Waals surface area contributed by atoms with Crippen LogP contribution >= 0.6 is 12.2 Å². The minimum absolute atomic E-state index is 0.822. The van der Waals surface area contributed by atoms with Gasteiger partial charge in [0.15, 0.2) is 0 Å². The van der Waals surface area contributed by atoms with Crippen molar-refractivity contribution in [1.29, 1.82) is 0 Å². The van der Waals surface area contributed by atoms with Crippen molar-refractivity contribution in [3.05, 3.63) is 0 Å². The van der Waals surface area contributed by atoms with Crippen LogP contribution in [-0.4, -0.2) is 22.5 Å². The number of thiocarbonyl (C=S) groups is 1. The zero-order valence-electron chi connectivity index (χ0n) is 9.17. The maximum absolute atomic E-state index is 5.52. The molecule has 0 aromatic heterocycles. The van der Waals surface area contributed by atoms with Crippen molar-refractivity contribution in [3.8, 4) is 0 Å². The molecule has 1 saturated heterocycles. The second-order valence-corrected chi connectivity index (χ2v) is 5.21. The molecule has 0 aromatic carbocycles. The Morgan fingerprint density at radius 2 is 2.07 bits per heavy atom. The van der Waals surface area contributed by atoms with E-state index in [0.29, 0.717) is 0 Å². The van der Waals surface area contributed by atoms with Gasteiger partial charge in [0, 0.05) is 12.6 Å². The number of likely N-dealkylation sites (tertiary alicyclic amines) is 1. The fraction of sp³-hybridized carbons (Fsp3) is 0.917. The van der Waals surface area contributed by atoms with E-state index < -0.39 is 0 Å². The van der Waals surface area contributed by atoms with E-state index in [9.17, 15) is 0 Å². The lowest BCUT2D eigenvalue weighted by molar-refractivity contribution is 0.191. The number of hydrogen-bond donors (Lipinski definition) is 0. The first kappa shape index (κ1) is 10.4. The van der Waals surface area contributed by atoms with Crippen molar-refractivity contribution >= 4 is 17.2 Å². The molecule has 0 spiro atoms. The molecule has 1 nitrogen and oxygen atoms in total. The molecule has 0 bridgehead atoms. The fourth-order valence-corrected chi connectivity index (χ4v) is 3.55. The number of nitrogens with zero attached hydrogens (tertiary/aromatic N) is 1. The van der Waals surface area contributed by atoms with E-state index in [1.165, 1.54) is 50.1 Å². The third kappa shape index (κ3) is 1.95. The van der Waals surface area contributed by atoms with Gasteiger partial charge in [0.1, 0.15) is 0 Å². The van der Waals surface area contributed by atoms with E-state index in [4.69, 9.17) is 12.2 Å². The predicted molar refractivity (Wildman–Crippen MR) is 64.6 cm³/mol. The van der Waals surface area contributed by atoms with Crippen LogP contribution in [0.1, 0.15) is 51.9 Å². The van der Waals surface area contributed by atoms with Crippen molar-refractivity contribution in [1.82, 2.24) is 4.90 Å². The summed E-state index contributed by atoms with van der Waals surface area (Å²) in [6.45, 7) is 3.46. The summed E-state index contributed by atoms with van der Waals surface area (Å²) in [5, 5.41) is 0. The highest BCUT2D eigenvalue weighted by Crippen LogP contribution is 2.37. The average molecular weight is 211 g/mol. The molecule has 1 saturated carbocycles. The first-order valence-corrected chi connectivity index (χ1v) is 6.53. The molecule has 80 valence electrons. The molecule has 2 fully saturated rings. The second-order valence-electron chi connectivity index (χ2n) is 4.74. The van der Waals surface area contributed by atoms with Crippen molar-refractivity contribution in [3.63, 3.8) is 0 Å². The molecule has 0 N–H and O–H groups in total. The van der Waals surface area contributed by atoms with E-state index in [0.717, 1.165) is 18.4 Å². The smallest absolute Gasteiger partial charge is 0.0781 e. The van der Waals surface area contributed by atoms with E-state index in [1.54, 1.807) is 0 Å². The van der Waals surface area contributed by atoms with Crippen molar-refractivity contribution in [2.45, 2.75) is 57.9 Å². The van der Waals surface area contributed by atoms with Crippen LogP contribution in [0.15, 0.2) is 0 Å². The van der Waals surface area contributed by atoms with Gasteiger partial charge in [-0.15, -0.1) is 0 Å². The van der Waals surface area contributed by atoms with Crippen LogP contribution < -0.4 is 0 Å². The van der Waals surface area contributed by atoms with Gasteiger partial charge in [0.25, 0.3) is 0 Å². The van der Waals surface area contributed by atoms with Crippen LogP contribution in [-0.2, 0) is 0 Å². The summed E-state index contributed by atoms with van der Waals surface area (Å²) in [7, 11) is 0. The van der Waals surface area contributed by atoms with Crippen molar-refractivity contribution < 1.29 is 0 Å². The number of hydrogen-bond acceptors (Lipinski definition) is 1. The van der Waals surface area contributed by atoms with Gasteiger partial charge in [-0.25, -0.2) is 0 Å². The minimum Gasteiger partial charge on any atom is -0.363 e. The van der Waals surface area contributed by atoms with Crippen LogP contribution in [0.3, 0.4) is 0 Å². The second kappa shape index (κ2) is 4.61. The van der Waals surface area contributed by atoms with Crippen LogP contribution in [0.2, 0.25) is 0 Å². The molecule has 2 rings (SSSR count). The molecule has 2 unspecified atom stereocenters. The predicted octanol–water partition coefficient (Wildman–Crippen LogP) is 3.38. The summed E-state index contributed by atoms with van der Waals surface area (Å²) < 4.78 is 0. The molecule has 2 aliphatic rings. The zero-order chi connectivity index (χ0) is 9.97. The van der Waals surface area contributed by atoms with E-state index in [-0.39, 0.29) is 0 Å². The van der Waals surface area contributed by atoms with Crippen LogP contribution in [0.4, 0.5) is 0 Å².